The molecule has 0 spiro atoms. The Morgan fingerprint density at radius 1 is 1.25 bits per heavy atom. The monoisotopic (exact) mass is 309 g/mol. The molecule has 110 valence electrons. The van der Waals surface area contributed by atoms with Gasteiger partial charge in [-0.05, 0) is 0 Å². The first-order valence-corrected chi connectivity index (χ1v) is 6.41. The van der Waals surface area contributed by atoms with Gasteiger partial charge in [-0.25, -0.2) is 9.78 Å². The fraction of sp³-hybridized carbons (Fsp3) is 0.500. The number of hydrogen-bond donors (Lipinski definition) is 1. The number of carbonyl (C=O) groups is 2. The third-order valence-corrected chi connectivity index (χ3v) is 3.83. The van der Waals surface area contributed by atoms with Gasteiger partial charge in [-0.3, -0.25) is 4.79 Å². The minimum Gasteiger partial charge on any atom is -0.477 e. The molecule has 0 saturated carbocycles. The van der Waals surface area contributed by atoms with E-state index < -0.39 is 18.1 Å². The molecule has 1 saturated heterocycles. The third kappa shape index (κ3) is 3.00. The SMILES string of the molecule is O=C(O)c1cnc(N2CCN(C(=O)C(F)(F)F)CC2)s1. The van der Waals surface area contributed by atoms with Gasteiger partial charge in [0.15, 0.2) is 5.13 Å². The van der Waals surface area contributed by atoms with Crippen LogP contribution in [-0.4, -0.2) is 59.2 Å². The van der Waals surface area contributed by atoms with Gasteiger partial charge in [0, 0.05) is 26.2 Å². The smallest absolute Gasteiger partial charge is 0.471 e. The first kappa shape index (κ1) is 14.6. The molecule has 0 unspecified atom stereocenters. The lowest BCUT2D eigenvalue weighted by molar-refractivity contribution is -0.185. The normalized spacial score (nSPS) is 16.4. The Balaban J connectivity index is 1.97. The minimum absolute atomic E-state index is 0.0637. The van der Waals surface area contributed by atoms with E-state index in [1.54, 1.807) is 4.90 Å². The lowest BCUT2D eigenvalue weighted by atomic mass is 10.3. The van der Waals surface area contributed by atoms with E-state index in [2.05, 4.69) is 4.98 Å². The van der Waals surface area contributed by atoms with Gasteiger partial charge in [0.05, 0.1) is 6.20 Å². The molecule has 1 aromatic heterocycles. The first-order chi connectivity index (χ1) is 9.29. The molecule has 20 heavy (non-hydrogen) atoms. The highest BCUT2D eigenvalue weighted by Crippen LogP contribution is 2.25. The molecule has 1 aromatic rings. The molecule has 2 heterocycles. The van der Waals surface area contributed by atoms with E-state index in [9.17, 15) is 22.8 Å². The first-order valence-electron chi connectivity index (χ1n) is 5.59. The van der Waals surface area contributed by atoms with E-state index >= 15 is 0 Å². The van der Waals surface area contributed by atoms with Crippen molar-refractivity contribution in [2.75, 3.05) is 31.1 Å². The highest BCUT2D eigenvalue weighted by Gasteiger charge is 2.43. The van der Waals surface area contributed by atoms with Crippen molar-refractivity contribution in [3.05, 3.63) is 11.1 Å². The van der Waals surface area contributed by atoms with Crippen LogP contribution in [0, 0.1) is 0 Å². The Hall–Kier alpha value is -1.84. The number of alkyl halides is 3. The van der Waals surface area contributed by atoms with Crippen molar-refractivity contribution in [3.8, 4) is 0 Å². The van der Waals surface area contributed by atoms with Crippen LogP contribution in [0.2, 0.25) is 0 Å². The number of aromatic carboxylic acids is 1. The second-order valence-electron chi connectivity index (χ2n) is 4.09. The van der Waals surface area contributed by atoms with Crippen LogP contribution in [0.5, 0.6) is 0 Å². The molecular weight excluding hydrogens is 299 g/mol. The lowest BCUT2D eigenvalue weighted by Crippen LogP contribution is -2.52. The van der Waals surface area contributed by atoms with E-state index in [1.807, 2.05) is 0 Å². The van der Waals surface area contributed by atoms with Crippen molar-refractivity contribution in [2.45, 2.75) is 6.18 Å². The summed E-state index contributed by atoms with van der Waals surface area (Å²) in [4.78, 5) is 28.2. The molecule has 10 heteroatoms. The average molecular weight is 309 g/mol. The van der Waals surface area contributed by atoms with E-state index in [-0.39, 0.29) is 31.1 Å². The lowest BCUT2D eigenvalue weighted by Gasteiger charge is -2.34. The summed E-state index contributed by atoms with van der Waals surface area (Å²) in [6, 6.07) is 0. The largest absolute Gasteiger partial charge is 0.477 e. The average Bonchev–Trinajstić information content (AvgIpc) is 2.86. The van der Waals surface area contributed by atoms with Crippen LogP contribution >= 0.6 is 11.3 Å². The minimum atomic E-state index is -4.86. The molecule has 0 bridgehead atoms. The zero-order chi connectivity index (χ0) is 14.9. The number of thiazole rings is 1. The maximum atomic E-state index is 12.3. The molecule has 1 fully saturated rings. The molecule has 1 N–H and O–H groups in total. The molecule has 0 aliphatic carbocycles. The Kier molecular flexibility index (Phi) is 3.84. The predicted molar refractivity (Wildman–Crippen MR) is 63.9 cm³/mol. The quantitative estimate of drug-likeness (QED) is 0.884. The van der Waals surface area contributed by atoms with Crippen LogP contribution in [0.25, 0.3) is 0 Å². The zero-order valence-electron chi connectivity index (χ0n) is 10.1. The van der Waals surface area contributed by atoms with Crippen LogP contribution in [0.4, 0.5) is 18.3 Å². The van der Waals surface area contributed by atoms with Crippen molar-refractivity contribution in [1.29, 1.82) is 0 Å². The van der Waals surface area contributed by atoms with Crippen LogP contribution in [-0.2, 0) is 4.79 Å². The van der Waals surface area contributed by atoms with E-state index in [1.165, 1.54) is 6.20 Å². The van der Waals surface area contributed by atoms with Gasteiger partial charge in [0.25, 0.3) is 0 Å². The van der Waals surface area contributed by atoms with Gasteiger partial charge >= 0.3 is 18.1 Å². The van der Waals surface area contributed by atoms with Crippen molar-refractivity contribution < 1.29 is 27.9 Å². The molecule has 0 radical (unpaired) electrons. The Bertz CT molecular complexity index is 523. The second kappa shape index (κ2) is 5.27. The second-order valence-corrected chi connectivity index (χ2v) is 5.10. The number of nitrogens with zero attached hydrogens (tertiary/aromatic N) is 3. The third-order valence-electron chi connectivity index (χ3n) is 2.78. The standard InChI is InChI=1S/C10H10F3N3O3S/c11-10(12,13)8(19)15-1-3-16(4-2-15)9-14-5-6(20-9)7(17)18/h5H,1-4H2,(H,17,18). The molecule has 1 aliphatic rings. The van der Waals surface area contributed by atoms with Crippen LogP contribution in [0.15, 0.2) is 6.20 Å². The maximum absolute atomic E-state index is 12.3. The van der Waals surface area contributed by atoms with Crippen molar-refractivity contribution >= 4 is 28.3 Å². The highest BCUT2D eigenvalue weighted by molar-refractivity contribution is 7.17. The van der Waals surface area contributed by atoms with Gasteiger partial charge in [0.1, 0.15) is 4.88 Å². The van der Waals surface area contributed by atoms with Crippen molar-refractivity contribution in [2.24, 2.45) is 0 Å². The van der Waals surface area contributed by atoms with Gasteiger partial charge in [-0.15, -0.1) is 0 Å². The van der Waals surface area contributed by atoms with Crippen LogP contribution < -0.4 is 4.90 Å². The molecule has 1 aliphatic heterocycles. The van der Waals surface area contributed by atoms with Gasteiger partial charge in [-0.2, -0.15) is 13.2 Å². The summed E-state index contributed by atoms with van der Waals surface area (Å²) in [5.41, 5.74) is 0. The molecule has 6 nitrogen and oxygen atoms in total. The number of carboxylic acids is 1. The van der Waals surface area contributed by atoms with Crippen molar-refractivity contribution in [3.63, 3.8) is 0 Å². The number of piperazine rings is 1. The molecule has 1 amide bonds. The van der Waals surface area contributed by atoms with E-state index in [0.29, 0.717) is 5.13 Å². The number of hydrogen-bond acceptors (Lipinski definition) is 5. The number of halogens is 3. The summed E-state index contributed by atoms with van der Waals surface area (Å²) in [7, 11) is 0. The van der Waals surface area contributed by atoms with Crippen molar-refractivity contribution in [1.82, 2.24) is 9.88 Å². The maximum Gasteiger partial charge on any atom is 0.471 e. The Labute approximate surface area is 115 Å². The summed E-state index contributed by atoms with van der Waals surface area (Å²) in [6.45, 7) is 0.240. The van der Waals surface area contributed by atoms with Gasteiger partial charge < -0.3 is 14.9 Å². The van der Waals surface area contributed by atoms with E-state index in [4.69, 9.17) is 5.11 Å². The Morgan fingerprint density at radius 2 is 1.85 bits per heavy atom. The Morgan fingerprint density at radius 3 is 2.30 bits per heavy atom. The summed E-state index contributed by atoms with van der Waals surface area (Å²) < 4.78 is 36.8. The van der Waals surface area contributed by atoms with E-state index in [0.717, 1.165) is 16.2 Å². The predicted octanol–water partition coefficient (Wildman–Crippen LogP) is 1.05. The zero-order valence-corrected chi connectivity index (χ0v) is 10.9. The number of carbonyl (C=O) groups excluding carboxylic acids is 1. The summed E-state index contributed by atoms with van der Waals surface area (Å²) in [6.07, 6.45) is -3.66. The van der Waals surface area contributed by atoms with Gasteiger partial charge in [-0.1, -0.05) is 11.3 Å². The number of amides is 1. The molecular formula is C10H10F3N3O3S. The van der Waals surface area contributed by atoms with Crippen LogP contribution in [0.3, 0.4) is 0 Å². The summed E-state index contributed by atoms with van der Waals surface area (Å²) in [5, 5.41) is 9.21. The molecule has 0 atom stereocenters. The molecule has 2 rings (SSSR count). The van der Waals surface area contributed by atoms with Gasteiger partial charge in [0.2, 0.25) is 0 Å². The van der Waals surface area contributed by atoms with Crippen LogP contribution in [0.1, 0.15) is 9.67 Å². The number of rotatable bonds is 2. The molecule has 0 aromatic carbocycles. The summed E-state index contributed by atoms with van der Waals surface area (Å²) >= 11 is 0.952. The highest BCUT2D eigenvalue weighted by atomic mass is 32.1. The number of anilines is 1. The fourth-order valence-electron chi connectivity index (χ4n) is 1.79. The fourth-order valence-corrected chi connectivity index (χ4v) is 2.60. The summed E-state index contributed by atoms with van der Waals surface area (Å²) in [5.74, 6) is -2.94. The topological polar surface area (TPSA) is 73.7 Å². The number of aromatic nitrogens is 1. The number of carboxylic acid groups (broad SMARTS) is 1.